The molecule has 0 heterocycles. The topological polar surface area (TPSA) is 65.3 Å². The van der Waals surface area contributed by atoms with Gasteiger partial charge in [-0.2, -0.15) is 5.26 Å². The predicted octanol–water partition coefficient (Wildman–Crippen LogP) is 5.34. The molecule has 2 N–H and O–H groups in total. The first kappa shape index (κ1) is 19.3. The van der Waals surface area contributed by atoms with Gasteiger partial charge in [0.05, 0.1) is 24.9 Å². The Hall–Kier alpha value is -3.45. The summed E-state index contributed by atoms with van der Waals surface area (Å²) >= 11 is 0. The van der Waals surface area contributed by atoms with E-state index in [1.54, 1.807) is 13.2 Å². The van der Waals surface area contributed by atoms with Crippen molar-refractivity contribution in [1.29, 1.82) is 5.26 Å². The van der Waals surface area contributed by atoms with E-state index >= 15 is 0 Å². The number of nitriles is 1. The van der Waals surface area contributed by atoms with Gasteiger partial charge in [-0.05, 0) is 54.8 Å². The number of benzene rings is 3. The molecular weight excluding hydrogens is 348 g/mol. The molecule has 28 heavy (non-hydrogen) atoms. The van der Waals surface area contributed by atoms with Gasteiger partial charge in [-0.15, -0.1) is 0 Å². The van der Waals surface area contributed by atoms with E-state index in [1.807, 2.05) is 80.6 Å². The van der Waals surface area contributed by atoms with Crippen molar-refractivity contribution in [3.8, 4) is 17.6 Å². The molecule has 0 aliphatic heterocycles. The van der Waals surface area contributed by atoms with E-state index in [2.05, 4.69) is 11.4 Å². The Labute approximate surface area is 166 Å². The van der Waals surface area contributed by atoms with Crippen LogP contribution in [-0.4, -0.2) is 12.2 Å². The summed E-state index contributed by atoms with van der Waals surface area (Å²) in [5, 5.41) is 24.0. The largest absolute Gasteiger partial charge is 0.506 e. The number of ether oxygens (including phenoxy) is 1. The number of phenols is 1. The summed E-state index contributed by atoms with van der Waals surface area (Å²) in [7, 11) is 1.62. The first-order valence-electron chi connectivity index (χ1n) is 9.15. The number of nitrogens with zero attached hydrogens (tertiary/aromatic N) is 1. The van der Waals surface area contributed by atoms with Crippen LogP contribution < -0.4 is 10.1 Å². The monoisotopic (exact) mass is 372 g/mol. The van der Waals surface area contributed by atoms with Crippen LogP contribution in [0.3, 0.4) is 0 Å². The van der Waals surface area contributed by atoms with Gasteiger partial charge in [0.2, 0.25) is 0 Å². The van der Waals surface area contributed by atoms with Crippen molar-refractivity contribution in [2.75, 3.05) is 12.4 Å². The van der Waals surface area contributed by atoms with E-state index in [-0.39, 0.29) is 5.75 Å². The molecule has 0 aliphatic carbocycles. The van der Waals surface area contributed by atoms with Crippen LogP contribution in [0.1, 0.15) is 29.7 Å². The van der Waals surface area contributed by atoms with Gasteiger partial charge in [-0.1, -0.05) is 48.5 Å². The Morgan fingerprint density at radius 2 is 1.71 bits per heavy atom. The van der Waals surface area contributed by atoms with Crippen LogP contribution in [0.2, 0.25) is 0 Å². The van der Waals surface area contributed by atoms with Gasteiger partial charge >= 0.3 is 0 Å². The summed E-state index contributed by atoms with van der Waals surface area (Å²) in [5.74, 6) is 0.900. The lowest BCUT2D eigenvalue weighted by Crippen LogP contribution is -2.34. The Balaban J connectivity index is 2.12. The lowest BCUT2D eigenvalue weighted by Gasteiger charge is -2.34. The molecule has 0 saturated heterocycles. The number of aryl methyl sites for hydroxylation is 1. The molecule has 0 spiro atoms. The highest BCUT2D eigenvalue weighted by Gasteiger charge is 2.38. The SMILES string of the molecule is COc1ccc([C@@H](Nc2cc(C)ccc2O)[C@@](C)(C#N)c2ccccc2)cc1. The smallest absolute Gasteiger partial charge is 0.138 e. The highest BCUT2D eigenvalue weighted by molar-refractivity contribution is 5.60. The maximum Gasteiger partial charge on any atom is 0.138 e. The summed E-state index contributed by atoms with van der Waals surface area (Å²) in [6.07, 6.45) is 0. The van der Waals surface area contributed by atoms with Gasteiger partial charge in [-0.3, -0.25) is 0 Å². The fourth-order valence-electron chi connectivity index (χ4n) is 3.36. The van der Waals surface area contributed by atoms with Crippen molar-refractivity contribution in [3.63, 3.8) is 0 Å². The van der Waals surface area contributed by atoms with Gasteiger partial charge in [0.1, 0.15) is 16.9 Å². The number of anilines is 1. The molecule has 0 unspecified atom stereocenters. The van der Waals surface area contributed by atoms with Gasteiger partial charge in [0.25, 0.3) is 0 Å². The summed E-state index contributed by atoms with van der Waals surface area (Å²) < 4.78 is 5.27. The van der Waals surface area contributed by atoms with Crippen LogP contribution in [0.5, 0.6) is 11.5 Å². The number of methoxy groups -OCH3 is 1. The molecule has 2 atom stereocenters. The highest BCUT2D eigenvalue weighted by atomic mass is 16.5. The number of hydrogen-bond donors (Lipinski definition) is 2. The molecule has 3 aromatic carbocycles. The first-order valence-corrected chi connectivity index (χ1v) is 9.15. The molecule has 0 amide bonds. The zero-order valence-electron chi connectivity index (χ0n) is 16.3. The van der Waals surface area contributed by atoms with Crippen LogP contribution in [-0.2, 0) is 5.41 Å². The minimum absolute atomic E-state index is 0.150. The van der Waals surface area contributed by atoms with Crippen LogP contribution >= 0.6 is 0 Å². The standard InChI is InChI=1S/C24H24N2O2/c1-17-9-14-22(27)21(15-17)26-23(18-10-12-20(28-3)13-11-18)24(2,16-25)19-7-5-4-6-8-19/h4-15,23,26-27H,1-3H3/t23-,24+/m1/s1. The van der Waals surface area contributed by atoms with E-state index in [9.17, 15) is 10.4 Å². The zero-order valence-corrected chi connectivity index (χ0v) is 16.3. The predicted molar refractivity (Wildman–Crippen MR) is 112 cm³/mol. The highest BCUT2D eigenvalue weighted by Crippen LogP contribution is 2.41. The third-order valence-electron chi connectivity index (χ3n) is 5.08. The fraction of sp³-hybridized carbons (Fsp3) is 0.208. The second-order valence-corrected chi connectivity index (χ2v) is 7.05. The van der Waals surface area contributed by atoms with Crippen LogP contribution in [0.25, 0.3) is 0 Å². The van der Waals surface area contributed by atoms with E-state index in [1.165, 1.54) is 0 Å². The summed E-state index contributed by atoms with van der Waals surface area (Å²) in [5.41, 5.74) is 2.57. The normalized spacial score (nSPS) is 13.8. The van der Waals surface area contributed by atoms with Crippen LogP contribution in [0.15, 0.2) is 72.8 Å². The zero-order chi connectivity index (χ0) is 20.1. The summed E-state index contributed by atoms with van der Waals surface area (Å²) in [6, 6.07) is 24.9. The Morgan fingerprint density at radius 3 is 2.32 bits per heavy atom. The maximum atomic E-state index is 10.4. The molecule has 4 heteroatoms. The Kier molecular flexibility index (Phi) is 5.56. The molecule has 0 aromatic heterocycles. The molecule has 0 radical (unpaired) electrons. The average molecular weight is 372 g/mol. The van der Waals surface area contributed by atoms with Crippen molar-refractivity contribution >= 4 is 5.69 Å². The van der Waals surface area contributed by atoms with E-state index in [0.29, 0.717) is 5.69 Å². The molecule has 0 bridgehead atoms. The van der Waals surface area contributed by atoms with Crippen molar-refractivity contribution in [1.82, 2.24) is 0 Å². The fourth-order valence-corrected chi connectivity index (χ4v) is 3.36. The number of phenolic OH excluding ortho intramolecular Hbond substituents is 1. The number of nitrogens with one attached hydrogen (secondary N) is 1. The lowest BCUT2D eigenvalue weighted by molar-refractivity contribution is 0.414. The summed E-state index contributed by atoms with van der Waals surface area (Å²) in [6.45, 7) is 3.88. The number of aromatic hydroxyl groups is 1. The van der Waals surface area contributed by atoms with E-state index in [0.717, 1.165) is 22.4 Å². The number of rotatable bonds is 6. The van der Waals surface area contributed by atoms with Crippen LogP contribution in [0, 0.1) is 18.3 Å². The first-order chi connectivity index (χ1) is 13.5. The van der Waals surface area contributed by atoms with Crippen LogP contribution in [0.4, 0.5) is 5.69 Å². The molecule has 4 nitrogen and oxygen atoms in total. The van der Waals surface area contributed by atoms with E-state index in [4.69, 9.17) is 4.74 Å². The third kappa shape index (κ3) is 3.79. The lowest BCUT2D eigenvalue weighted by atomic mass is 9.74. The second-order valence-electron chi connectivity index (χ2n) is 7.05. The van der Waals surface area contributed by atoms with Crippen molar-refractivity contribution in [2.45, 2.75) is 25.3 Å². The minimum atomic E-state index is -0.869. The maximum absolute atomic E-state index is 10.4. The third-order valence-corrected chi connectivity index (χ3v) is 5.08. The van der Waals surface area contributed by atoms with Crippen molar-refractivity contribution in [2.24, 2.45) is 0 Å². The van der Waals surface area contributed by atoms with Gasteiger partial charge in [0, 0.05) is 0 Å². The molecule has 3 aromatic rings. The average Bonchev–Trinajstić information content (AvgIpc) is 2.74. The van der Waals surface area contributed by atoms with Crippen molar-refractivity contribution in [3.05, 3.63) is 89.5 Å². The number of hydrogen-bond acceptors (Lipinski definition) is 4. The molecule has 142 valence electrons. The molecular formula is C24H24N2O2. The van der Waals surface area contributed by atoms with Gasteiger partial charge in [-0.25, -0.2) is 0 Å². The van der Waals surface area contributed by atoms with Gasteiger partial charge < -0.3 is 15.2 Å². The van der Waals surface area contributed by atoms with Crippen molar-refractivity contribution < 1.29 is 9.84 Å². The molecule has 0 saturated carbocycles. The Morgan fingerprint density at radius 1 is 1.04 bits per heavy atom. The molecule has 0 fully saturated rings. The molecule has 3 rings (SSSR count). The second kappa shape index (κ2) is 8.06. The van der Waals surface area contributed by atoms with Gasteiger partial charge in [0.15, 0.2) is 0 Å². The quantitative estimate of drug-likeness (QED) is 0.573. The summed E-state index contributed by atoms with van der Waals surface area (Å²) in [4.78, 5) is 0. The van der Waals surface area contributed by atoms with E-state index < -0.39 is 11.5 Å². The molecule has 0 aliphatic rings. The Bertz CT molecular complexity index is 978. The minimum Gasteiger partial charge on any atom is -0.506 e.